The average Bonchev–Trinajstić information content (AvgIpc) is 3.11. The lowest BCUT2D eigenvalue weighted by Crippen LogP contribution is -1.99. The van der Waals surface area contributed by atoms with Crippen LogP contribution in [0.3, 0.4) is 0 Å². The standard InChI is InChI=1S/C19H20N4O4S/c1-24-14-7-5-12(6-8-14)11-20-23-18(21-22-19(23)28)13-9-15(25-2)17(27-4)16(10-13)26-3/h5-11H,1-4H3,(H,22,28)/b20-11+. The smallest absolute Gasteiger partial charge is 0.216 e. The first kappa shape index (κ1) is 19.4. The van der Waals surface area contributed by atoms with Gasteiger partial charge in [-0.2, -0.15) is 14.9 Å². The molecule has 0 radical (unpaired) electrons. The quantitative estimate of drug-likeness (QED) is 0.483. The lowest BCUT2D eigenvalue weighted by atomic mass is 10.1. The van der Waals surface area contributed by atoms with Gasteiger partial charge in [-0.1, -0.05) is 0 Å². The van der Waals surface area contributed by atoms with E-state index in [9.17, 15) is 0 Å². The number of rotatable bonds is 7. The Morgan fingerprint density at radius 3 is 2.14 bits per heavy atom. The highest BCUT2D eigenvalue weighted by Crippen LogP contribution is 2.40. The van der Waals surface area contributed by atoms with Gasteiger partial charge >= 0.3 is 0 Å². The molecule has 146 valence electrons. The Kier molecular flexibility index (Phi) is 5.95. The first-order chi connectivity index (χ1) is 13.6. The van der Waals surface area contributed by atoms with Crippen LogP contribution in [0.5, 0.6) is 23.0 Å². The van der Waals surface area contributed by atoms with E-state index in [1.165, 1.54) is 4.68 Å². The summed E-state index contributed by atoms with van der Waals surface area (Å²) in [6, 6.07) is 11.1. The molecule has 0 bridgehead atoms. The number of hydrogen-bond acceptors (Lipinski definition) is 7. The number of ether oxygens (including phenoxy) is 4. The normalized spacial score (nSPS) is 10.9. The molecule has 28 heavy (non-hydrogen) atoms. The minimum atomic E-state index is 0.355. The Labute approximate surface area is 167 Å². The van der Waals surface area contributed by atoms with E-state index in [2.05, 4.69) is 15.3 Å². The Bertz CT molecular complexity index is 1020. The first-order valence-electron chi connectivity index (χ1n) is 8.27. The molecular formula is C19H20N4O4S. The van der Waals surface area contributed by atoms with Crippen molar-refractivity contribution in [2.75, 3.05) is 28.4 Å². The monoisotopic (exact) mass is 400 g/mol. The molecule has 0 amide bonds. The number of aromatic nitrogens is 3. The molecule has 8 nitrogen and oxygen atoms in total. The van der Waals surface area contributed by atoms with Crippen LogP contribution in [0.4, 0.5) is 0 Å². The minimum absolute atomic E-state index is 0.355. The maximum Gasteiger partial charge on any atom is 0.216 e. The highest BCUT2D eigenvalue weighted by atomic mass is 32.1. The molecule has 3 aromatic rings. The van der Waals surface area contributed by atoms with Gasteiger partial charge in [0, 0.05) is 5.56 Å². The fourth-order valence-electron chi connectivity index (χ4n) is 2.61. The Balaban J connectivity index is 2.03. The van der Waals surface area contributed by atoms with Gasteiger partial charge in [0.1, 0.15) is 5.75 Å². The van der Waals surface area contributed by atoms with E-state index in [0.717, 1.165) is 11.3 Å². The topological polar surface area (TPSA) is 82.9 Å². The summed E-state index contributed by atoms with van der Waals surface area (Å²) >= 11 is 5.32. The minimum Gasteiger partial charge on any atom is -0.497 e. The van der Waals surface area contributed by atoms with Gasteiger partial charge in [0.25, 0.3) is 0 Å². The molecule has 0 saturated heterocycles. The molecule has 0 fully saturated rings. The second-order valence-corrected chi connectivity index (χ2v) is 5.98. The van der Waals surface area contributed by atoms with Crippen LogP contribution in [-0.4, -0.2) is 49.5 Å². The SMILES string of the molecule is COc1ccc(/C=N/n2c(-c3cc(OC)c(OC)c(OC)c3)n[nH]c2=S)cc1. The van der Waals surface area contributed by atoms with Crippen molar-refractivity contribution in [2.24, 2.45) is 5.10 Å². The molecule has 0 saturated carbocycles. The van der Waals surface area contributed by atoms with E-state index in [4.69, 9.17) is 31.2 Å². The molecule has 9 heteroatoms. The van der Waals surface area contributed by atoms with E-state index in [-0.39, 0.29) is 0 Å². The molecule has 1 heterocycles. The van der Waals surface area contributed by atoms with Crippen molar-refractivity contribution in [1.82, 2.24) is 14.9 Å². The van der Waals surface area contributed by atoms with Crippen LogP contribution in [-0.2, 0) is 0 Å². The zero-order valence-electron chi connectivity index (χ0n) is 15.9. The van der Waals surface area contributed by atoms with Crippen LogP contribution in [0, 0.1) is 4.77 Å². The summed E-state index contributed by atoms with van der Waals surface area (Å²) in [4.78, 5) is 0. The van der Waals surface area contributed by atoms with Gasteiger partial charge in [-0.15, -0.1) is 0 Å². The Morgan fingerprint density at radius 1 is 0.964 bits per heavy atom. The highest BCUT2D eigenvalue weighted by molar-refractivity contribution is 7.71. The van der Waals surface area contributed by atoms with Crippen molar-refractivity contribution in [2.45, 2.75) is 0 Å². The molecule has 0 atom stereocenters. The van der Waals surface area contributed by atoms with Crippen molar-refractivity contribution in [3.8, 4) is 34.4 Å². The zero-order chi connectivity index (χ0) is 20.1. The molecule has 0 aliphatic heterocycles. The van der Waals surface area contributed by atoms with Crippen LogP contribution in [0.1, 0.15) is 5.56 Å². The maximum absolute atomic E-state index is 5.41. The predicted octanol–water partition coefficient (Wildman–Crippen LogP) is 3.52. The van der Waals surface area contributed by atoms with E-state index >= 15 is 0 Å². The molecular weight excluding hydrogens is 380 g/mol. The molecule has 1 aromatic heterocycles. The number of hydrogen-bond donors (Lipinski definition) is 1. The van der Waals surface area contributed by atoms with Crippen molar-refractivity contribution in [3.05, 3.63) is 46.7 Å². The number of nitrogens with one attached hydrogen (secondary N) is 1. The zero-order valence-corrected chi connectivity index (χ0v) is 16.7. The van der Waals surface area contributed by atoms with E-state index < -0.39 is 0 Å². The fraction of sp³-hybridized carbons (Fsp3) is 0.211. The van der Waals surface area contributed by atoms with Gasteiger partial charge in [0.15, 0.2) is 17.3 Å². The summed E-state index contributed by atoms with van der Waals surface area (Å²) in [6.07, 6.45) is 1.69. The number of aromatic amines is 1. The number of benzene rings is 2. The molecule has 0 unspecified atom stereocenters. The number of H-pyrrole nitrogens is 1. The molecule has 2 aromatic carbocycles. The van der Waals surface area contributed by atoms with Gasteiger partial charge in [-0.3, -0.25) is 0 Å². The maximum atomic E-state index is 5.41. The largest absolute Gasteiger partial charge is 0.497 e. The predicted molar refractivity (Wildman–Crippen MR) is 108 cm³/mol. The van der Waals surface area contributed by atoms with Gasteiger partial charge in [0.05, 0.1) is 34.7 Å². The summed E-state index contributed by atoms with van der Waals surface area (Å²) < 4.78 is 23.2. The summed E-state index contributed by atoms with van der Waals surface area (Å²) in [5.41, 5.74) is 1.59. The van der Waals surface area contributed by atoms with Crippen molar-refractivity contribution >= 4 is 18.4 Å². The Hall–Kier alpha value is -3.33. The van der Waals surface area contributed by atoms with Crippen molar-refractivity contribution in [3.63, 3.8) is 0 Å². The van der Waals surface area contributed by atoms with Crippen molar-refractivity contribution < 1.29 is 18.9 Å². The van der Waals surface area contributed by atoms with E-state index in [1.54, 1.807) is 46.8 Å². The molecule has 3 rings (SSSR count). The first-order valence-corrected chi connectivity index (χ1v) is 8.68. The second-order valence-electron chi connectivity index (χ2n) is 5.60. The Morgan fingerprint density at radius 2 is 1.61 bits per heavy atom. The summed E-state index contributed by atoms with van der Waals surface area (Å²) in [5.74, 6) is 2.80. The van der Waals surface area contributed by atoms with Gasteiger partial charge in [-0.05, 0) is 54.2 Å². The summed E-state index contributed by atoms with van der Waals surface area (Å²) in [5, 5.41) is 11.5. The average molecular weight is 400 g/mol. The lowest BCUT2D eigenvalue weighted by Gasteiger charge is -2.13. The summed E-state index contributed by atoms with van der Waals surface area (Å²) in [6.45, 7) is 0. The number of nitrogens with zero attached hydrogens (tertiary/aromatic N) is 3. The van der Waals surface area contributed by atoms with E-state index in [0.29, 0.717) is 33.4 Å². The third-order valence-corrected chi connectivity index (χ3v) is 4.28. The van der Waals surface area contributed by atoms with Gasteiger partial charge in [0.2, 0.25) is 10.5 Å². The van der Waals surface area contributed by atoms with Crippen LogP contribution in [0.2, 0.25) is 0 Å². The molecule has 1 N–H and O–H groups in total. The lowest BCUT2D eigenvalue weighted by molar-refractivity contribution is 0.324. The van der Waals surface area contributed by atoms with E-state index in [1.807, 2.05) is 24.3 Å². The highest BCUT2D eigenvalue weighted by Gasteiger charge is 2.17. The third kappa shape index (κ3) is 3.84. The molecule has 0 spiro atoms. The molecule has 0 aliphatic carbocycles. The van der Waals surface area contributed by atoms with Gasteiger partial charge in [-0.25, -0.2) is 5.10 Å². The van der Waals surface area contributed by atoms with Gasteiger partial charge < -0.3 is 18.9 Å². The van der Waals surface area contributed by atoms with Crippen LogP contribution in [0.15, 0.2) is 41.5 Å². The molecule has 0 aliphatic rings. The fourth-order valence-corrected chi connectivity index (χ4v) is 2.79. The number of methoxy groups -OCH3 is 4. The summed E-state index contributed by atoms with van der Waals surface area (Å²) in [7, 11) is 6.28. The van der Waals surface area contributed by atoms with Crippen molar-refractivity contribution in [1.29, 1.82) is 0 Å². The van der Waals surface area contributed by atoms with Crippen LogP contribution in [0.25, 0.3) is 11.4 Å². The second kappa shape index (κ2) is 8.57. The van der Waals surface area contributed by atoms with Crippen LogP contribution < -0.4 is 18.9 Å². The third-order valence-electron chi connectivity index (χ3n) is 4.01. The van der Waals surface area contributed by atoms with Crippen LogP contribution >= 0.6 is 12.2 Å².